The number of rotatable bonds is 1. The second-order valence-corrected chi connectivity index (χ2v) is 8.62. The summed E-state index contributed by atoms with van der Waals surface area (Å²) in [5.41, 5.74) is 5.31. The van der Waals surface area contributed by atoms with E-state index in [-0.39, 0.29) is 0 Å². The zero-order chi connectivity index (χ0) is 19.6. The van der Waals surface area contributed by atoms with Crippen LogP contribution in [0.15, 0.2) is 106 Å². The first-order valence-electron chi connectivity index (χ1n) is 8.68. The van der Waals surface area contributed by atoms with E-state index in [0.29, 0.717) is 0 Å². The number of hydrogen-bond donors (Lipinski definition) is 0. The molecule has 138 valence electrons. The molecule has 0 saturated carbocycles. The Kier molecular flexibility index (Phi) is 8.43. The second-order valence-electron chi connectivity index (χ2n) is 6.19. The molecule has 1 aromatic rings. The van der Waals surface area contributed by atoms with Crippen molar-refractivity contribution in [1.29, 1.82) is 0 Å². The largest absolute Gasteiger partial charge is 0.242 e. The fraction of sp³-hybridized carbons (Fsp3) is 0.125. The SMILES string of the molecule is C=C1/C=C\SC(=C)SC(=C)/N=C(c2ccc(C)ccccc(C)c2)\C=C/C1. The normalized spacial score (nSPS) is 19.8. The molecule has 1 heterocycles. The van der Waals surface area contributed by atoms with Gasteiger partial charge in [0.05, 0.1) is 10.7 Å². The molecule has 0 bridgehead atoms. The van der Waals surface area contributed by atoms with E-state index in [4.69, 9.17) is 4.99 Å². The van der Waals surface area contributed by atoms with Gasteiger partial charge in [0.1, 0.15) is 0 Å². The van der Waals surface area contributed by atoms with E-state index in [1.54, 1.807) is 11.8 Å². The lowest BCUT2D eigenvalue weighted by atomic mass is 10.1. The van der Waals surface area contributed by atoms with Crippen LogP contribution in [-0.4, -0.2) is 5.71 Å². The highest BCUT2D eigenvalue weighted by Crippen LogP contribution is 2.34. The van der Waals surface area contributed by atoms with Gasteiger partial charge in [-0.3, -0.25) is 0 Å². The lowest BCUT2D eigenvalue weighted by molar-refractivity contribution is 1.30. The molecule has 0 atom stereocenters. The van der Waals surface area contributed by atoms with E-state index >= 15 is 0 Å². The average Bonchev–Trinajstić information content (AvgIpc) is 2.60. The maximum atomic E-state index is 4.78. The minimum absolute atomic E-state index is 0.722. The summed E-state index contributed by atoms with van der Waals surface area (Å²) in [6.45, 7) is 16.4. The molecule has 0 aromatic heterocycles. The van der Waals surface area contributed by atoms with Gasteiger partial charge in [-0.25, -0.2) is 4.99 Å². The predicted octanol–water partition coefficient (Wildman–Crippen LogP) is 7.66. The summed E-state index contributed by atoms with van der Waals surface area (Å²) < 4.78 is 0.937. The monoisotopic (exact) mass is 391 g/mol. The van der Waals surface area contributed by atoms with Gasteiger partial charge in [0.2, 0.25) is 0 Å². The second kappa shape index (κ2) is 10.8. The number of aryl methyl sites for hydroxylation is 2. The summed E-state index contributed by atoms with van der Waals surface area (Å²) in [4.78, 5) is 4.78. The van der Waals surface area contributed by atoms with E-state index in [1.807, 2.05) is 17.6 Å². The molecule has 0 radical (unpaired) electrons. The molecule has 0 spiro atoms. The van der Waals surface area contributed by atoms with Crippen LogP contribution in [0.3, 0.4) is 0 Å². The van der Waals surface area contributed by atoms with Crippen LogP contribution in [0, 0.1) is 13.8 Å². The third-order valence-corrected chi connectivity index (χ3v) is 5.30. The van der Waals surface area contributed by atoms with Crippen molar-refractivity contribution < 1.29 is 0 Å². The van der Waals surface area contributed by atoms with E-state index in [2.05, 4.69) is 82.1 Å². The van der Waals surface area contributed by atoms with Crippen LogP contribution in [0.25, 0.3) is 0 Å². The number of nitrogens with zero attached hydrogens (tertiary/aromatic N) is 1. The fourth-order valence-electron chi connectivity index (χ4n) is 2.30. The number of aliphatic imine (C=N–C) groups is 1. The van der Waals surface area contributed by atoms with Crippen LogP contribution in [-0.2, 0) is 0 Å². The molecule has 2 rings (SSSR count). The van der Waals surface area contributed by atoms with Gasteiger partial charge in [-0.1, -0.05) is 109 Å². The van der Waals surface area contributed by atoms with Gasteiger partial charge in [-0.05, 0) is 37.8 Å². The standard InChI is InChI=1S/C24H25NS2/c1-18-9-6-7-10-20(3)17-23(14-13-18)24-12-8-11-19(2)15-16-26-22(5)27-21(4)25-24/h6-10,12-17H,2,4-5,11H2,1,3H3/b7-6?,9-6?,10-7?,12-8-,14-13?,16-15-,18-9?,18-13?,20-10?,20-17?,23-14?,23-17?,25-24+. The molecule has 0 unspecified atom stereocenters. The van der Waals surface area contributed by atoms with Crippen molar-refractivity contribution in [1.82, 2.24) is 0 Å². The molecule has 27 heavy (non-hydrogen) atoms. The van der Waals surface area contributed by atoms with E-state index in [9.17, 15) is 0 Å². The first-order valence-corrected chi connectivity index (χ1v) is 10.4. The Bertz CT molecular complexity index is 887. The molecule has 0 aliphatic carbocycles. The Labute approximate surface area is 171 Å². The van der Waals surface area contributed by atoms with Crippen LogP contribution in [0.2, 0.25) is 0 Å². The van der Waals surface area contributed by atoms with Gasteiger partial charge >= 0.3 is 0 Å². The Morgan fingerprint density at radius 1 is 0.926 bits per heavy atom. The Morgan fingerprint density at radius 2 is 1.67 bits per heavy atom. The zero-order valence-electron chi connectivity index (χ0n) is 15.9. The molecule has 3 heteroatoms. The molecule has 1 aliphatic rings. The first kappa shape index (κ1) is 21.1. The molecule has 0 N–H and O–H groups in total. The van der Waals surface area contributed by atoms with Gasteiger partial charge in [-0.2, -0.15) is 0 Å². The van der Waals surface area contributed by atoms with Crippen molar-refractivity contribution in [3.05, 3.63) is 117 Å². The van der Waals surface area contributed by atoms with Crippen molar-refractivity contribution in [2.45, 2.75) is 20.3 Å². The van der Waals surface area contributed by atoms with Crippen molar-refractivity contribution in [3.63, 3.8) is 0 Å². The van der Waals surface area contributed by atoms with Gasteiger partial charge in [0.15, 0.2) is 0 Å². The molecule has 1 aromatic carbocycles. The summed E-state index contributed by atoms with van der Waals surface area (Å²) in [7, 11) is 0. The summed E-state index contributed by atoms with van der Waals surface area (Å²) in [6.07, 6.45) is 6.94. The zero-order valence-corrected chi connectivity index (χ0v) is 17.6. The number of hydrogen-bond acceptors (Lipinski definition) is 3. The van der Waals surface area contributed by atoms with Crippen molar-refractivity contribution in [2.75, 3.05) is 0 Å². The highest BCUT2D eigenvalue weighted by atomic mass is 32.2. The number of allylic oxidation sites excluding steroid dienone is 4. The summed E-state index contributed by atoms with van der Waals surface area (Å²) in [5, 5.41) is 2.73. The predicted molar refractivity (Wildman–Crippen MR) is 126 cm³/mol. The van der Waals surface area contributed by atoms with Crippen LogP contribution in [0.4, 0.5) is 0 Å². The molecule has 1 aliphatic heterocycles. The third kappa shape index (κ3) is 7.90. The van der Waals surface area contributed by atoms with Crippen LogP contribution in [0.1, 0.15) is 23.1 Å². The molecule has 1 nitrogen and oxygen atoms in total. The minimum Gasteiger partial charge on any atom is -0.242 e. The van der Waals surface area contributed by atoms with Crippen molar-refractivity contribution >= 4 is 29.2 Å². The van der Waals surface area contributed by atoms with Crippen molar-refractivity contribution in [3.8, 4) is 0 Å². The average molecular weight is 392 g/mol. The molecular weight excluding hydrogens is 366 g/mol. The van der Waals surface area contributed by atoms with Gasteiger partial charge < -0.3 is 0 Å². The molecule has 0 fully saturated rings. The Hall–Kier alpha value is -2.23. The third-order valence-electron chi connectivity index (χ3n) is 3.67. The van der Waals surface area contributed by atoms with E-state index in [1.165, 1.54) is 17.3 Å². The summed E-state index contributed by atoms with van der Waals surface area (Å²) in [5.74, 6) is 0. The van der Waals surface area contributed by atoms with Gasteiger partial charge in [0, 0.05) is 9.80 Å². The van der Waals surface area contributed by atoms with Crippen LogP contribution in [0.5, 0.6) is 0 Å². The maximum Gasteiger partial charge on any atom is 0.0948 e. The van der Waals surface area contributed by atoms with E-state index in [0.717, 1.165) is 38.1 Å². The lowest BCUT2D eigenvalue weighted by Crippen LogP contribution is -1.97. The highest BCUT2D eigenvalue weighted by molar-refractivity contribution is 8.25. The summed E-state index contributed by atoms with van der Waals surface area (Å²) in [6, 6.07) is 14.6. The van der Waals surface area contributed by atoms with E-state index < -0.39 is 0 Å². The smallest absolute Gasteiger partial charge is 0.0948 e. The Balaban J connectivity index is 2.57. The highest BCUT2D eigenvalue weighted by Gasteiger charge is 2.04. The molecular formula is C24H25NS2. The quantitative estimate of drug-likeness (QED) is 0.487. The van der Waals surface area contributed by atoms with Crippen molar-refractivity contribution in [2.24, 2.45) is 4.99 Å². The maximum absolute atomic E-state index is 4.78. The Morgan fingerprint density at radius 3 is 2.44 bits per heavy atom. The molecule has 0 saturated heterocycles. The fourth-order valence-corrected chi connectivity index (χ4v) is 3.77. The molecule has 0 amide bonds. The van der Waals surface area contributed by atoms with Gasteiger partial charge in [-0.15, -0.1) is 0 Å². The summed E-state index contributed by atoms with van der Waals surface area (Å²) >= 11 is 3.05. The minimum atomic E-state index is 0.722. The number of thioether (sulfide) groups is 2. The topological polar surface area (TPSA) is 12.4 Å². The van der Waals surface area contributed by atoms with Crippen LogP contribution >= 0.6 is 23.5 Å². The first-order chi connectivity index (χ1) is 12.9. The van der Waals surface area contributed by atoms with Crippen LogP contribution < -0.4 is 0 Å². The lowest BCUT2D eigenvalue weighted by Gasteiger charge is -2.07. The van der Waals surface area contributed by atoms with Gasteiger partial charge in [0.25, 0.3) is 0 Å².